The Morgan fingerprint density at radius 2 is 2.17 bits per heavy atom. The summed E-state index contributed by atoms with van der Waals surface area (Å²) in [7, 11) is 0. The van der Waals surface area contributed by atoms with Gasteiger partial charge in [-0.1, -0.05) is 22.4 Å². The van der Waals surface area contributed by atoms with Crippen molar-refractivity contribution in [1.82, 2.24) is 5.32 Å². The standard InChI is InChI=1S/C13H15Br2NO2/c14-9-4-5-11(15)10(6-9)13(18)16-7-8-2-1-3-12(8)17/h4-6,8,12,17H,1-3,7H2,(H,16,18). The number of nitrogens with one attached hydrogen (secondary N) is 1. The molecule has 1 aliphatic carbocycles. The van der Waals surface area contributed by atoms with Crippen LogP contribution in [0.4, 0.5) is 0 Å². The van der Waals surface area contributed by atoms with Crippen molar-refractivity contribution in [3.05, 3.63) is 32.7 Å². The molecular weight excluding hydrogens is 362 g/mol. The summed E-state index contributed by atoms with van der Waals surface area (Å²) < 4.78 is 1.65. The van der Waals surface area contributed by atoms with Crippen LogP contribution >= 0.6 is 31.9 Å². The minimum absolute atomic E-state index is 0.109. The highest BCUT2D eigenvalue weighted by Gasteiger charge is 2.25. The van der Waals surface area contributed by atoms with Crippen molar-refractivity contribution in [2.75, 3.05) is 6.54 Å². The minimum atomic E-state index is -0.267. The molecule has 3 nitrogen and oxygen atoms in total. The van der Waals surface area contributed by atoms with E-state index >= 15 is 0 Å². The Morgan fingerprint density at radius 3 is 2.83 bits per heavy atom. The van der Waals surface area contributed by atoms with E-state index in [2.05, 4.69) is 37.2 Å². The molecule has 2 N–H and O–H groups in total. The number of amides is 1. The van der Waals surface area contributed by atoms with Crippen molar-refractivity contribution >= 4 is 37.8 Å². The zero-order valence-corrected chi connectivity index (χ0v) is 13.0. The minimum Gasteiger partial charge on any atom is -0.393 e. The zero-order valence-electron chi connectivity index (χ0n) is 9.83. The number of benzene rings is 1. The van der Waals surface area contributed by atoms with Crippen molar-refractivity contribution in [2.24, 2.45) is 5.92 Å². The van der Waals surface area contributed by atoms with Gasteiger partial charge < -0.3 is 10.4 Å². The number of hydrogen-bond acceptors (Lipinski definition) is 2. The fraction of sp³-hybridized carbons (Fsp3) is 0.462. The molecular formula is C13H15Br2NO2. The topological polar surface area (TPSA) is 49.3 Å². The van der Waals surface area contributed by atoms with E-state index < -0.39 is 0 Å². The molecule has 18 heavy (non-hydrogen) atoms. The SMILES string of the molecule is O=C(NCC1CCCC1O)c1cc(Br)ccc1Br. The van der Waals surface area contributed by atoms with Gasteiger partial charge in [-0.15, -0.1) is 0 Å². The van der Waals surface area contributed by atoms with Gasteiger partial charge in [0.1, 0.15) is 0 Å². The second-order valence-electron chi connectivity index (χ2n) is 4.59. The Bertz CT molecular complexity index is 451. The predicted octanol–water partition coefficient (Wildman–Crippen LogP) is 3.10. The summed E-state index contributed by atoms with van der Waals surface area (Å²) in [4.78, 5) is 12.0. The van der Waals surface area contributed by atoms with Crippen LogP contribution in [-0.4, -0.2) is 23.7 Å². The third-order valence-electron chi connectivity index (χ3n) is 3.32. The van der Waals surface area contributed by atoms with Crippen LogP contribution in [0.1, 0.15) is 29.6 Å². The van der Waals surface area contributed by atoms with E-state index in [1.165, 1.54) is 0 Å². The van der Waals surface area contributed by atoms with Gasteiger partial charge in [0.25, 0.3) is 5.91 Å². The lowest BCUT2D eigenvalue weighted by Gasteiger charge is -2.15. The second kappa shape index (κ2) is 6.17. The molecule has 5 heteroatoms. The molecule has 1 aromatic carbocycles. The number of aliphatic hydroxyl groups excluding tert-OH is 1. The summed E-state index contributed by atoms with van der Waals surface area (Å²) in [5, 5.41) is 12.6. The quantitative estimate of drug-likeness (QED) is 0.851. The zero-order chi connectivity index (χ0) is 13.1. The van der Waals surface area contributed by atoms with Crippen LogP contribution in [-0.2, 0) is 0 Å². The van der Waals surface area contributed by atoms with Crippen molar-refractivity contribution in [3.63, 3.8) is 0 Å². The van der Waals surface area contributed by atoms with Gasteiger partial charge >= 0.3 is 0 Å². The highest BCUT2D eigenvalue weighted by molar-refractivity contribution is 9.11. The molecule has 0 heterocycles. The molecule has 0 bridgehead atoms. The molecule has 2 rings (SSSR count). The Kier molecular flexibility index (Phi) is 4.81. The van der Waals surface area contributed by atoms with Gasteiger partial charge in [0.15, 0.2) is 0 Å². The van der Waals surface area contributed by atoms with E-state index in [0.717, 1.165) is 28.2 Å². The fourth-order valence-corrected chi connectivity index (χ4v) is 3.03. The van der Waals surface area contributed by atoms with Crippen LogP contribution < -0.4 is 5.32 Å². The smallest absolute Gasteiger partial charge is 0.252 e. The molecule has 0 radical (unpaired) electrons. The highest BCUT2D eigenvalue weighted by Crippen LogP contribution is 2.25. The first-order valence-electron chi connectivity index (χ1n) is 5.99. The summed E-state index contributed by atoms with van der Waals surface area (Å²) >= 11 is 6.72. The van der Waals surface area contributed by atoms with Gasteiger partial charge in [0.05, 0.1) is 11.7 Å². The monoisotopic (exact) mass is 375 g/mol. The Hall–Kier alpha value is -0.390. The normalized spacial score (nSPS) is 23.1. The van der Waals surface area contributed by atoms with Crippen LogP contribution in [0.25, 0.3) is 0 Å². The first-order chi connectivity index (χ1) is 8.58. The fourth-order valence-electron chi connectivity index (χ4n) is 2.25. The first-order valence-corrected chi connectivity index (χ1v) is 7.58. The van der Waals surface area contributed by atoms with Crippen molar-refractivity contribution in [2.45, 2.75) is 25.4 Å². The number of carbonyl (C=O) groups is 1. The van der Waals surface area contributed by atoms with Gasteiger partial charge in [-0.3, -0.25) is 4.79 Å². The van der Waals surface area contributed by atoms with E-state index in [4.69, 9.17) is 0 Å². The lowest BCUT2D eigenvalue weighted by molar-refractivity contribution is 0.0916. The maximum Gasteiger partial charge on any atom is 0.252 e. The third kappa shape index (κ3) is 3.33. The number of hydrogen-bond donors (Lipinski definition) is 2. The molecule has 0 aliphatic heterocycles. The summed E-state index contributed by atoms with van der Waals surface area (Å²) in [5.41, 5.74) is 0.608. The maximum absolute atomic E-state index is 12.0. The Balaban J connectivity index is 1.97. The van der Waals surface area contributed by atoms with E-state index in [0.29, 0.717) is 12.1 Å². The van der Waals surface area contributed by atoms with E-state index in [-0.39, 0.29) is 17.9 Å². The molecule has 0 aromatic heterocycles. The molecule has 1 aliphatic rings. The predicted molar refractivity (Wildman–Crippen MR) is 77.5 cm³/mol. The Morgan fingerprint density at radius 1 is 1.39 bits per heavy atom. The number of aliphatic hydroxyl groups is 1. The van der Waals surface area contributed by atoms with Gasteiger partial charge in [-0.05, 0) is 47.0 Å². The van der Waals surface area contributed by atoms with Crippen molar-refractivity contribution in [1.29, 1.82) is 0 Å². The van der Waals surface area contributed by atoms with Crippen molar-refractivity contribution in [3.8, 4) is 0 Å². The number of carbonyl (C=O) groups excluding carboxylic acids is 1. The third-order valence-corrected chi connectivity index (χ3v) is 4.50. The highest BCUT2D eigenvalue weighted by atomic mass is 79.9. The lowest BCUT2D eigenvalue weighted by atomic mass is 10.1. The maximum atomic E-state index is 12.0. The molecule has 2 atom stereocenters. The first kappa shape index (κ1) is 14.0. The van der Waals surface area contributed by atoms with E-state index in [1.807, 2.05) is 12.1 Å². The van der Waals surface area contributed by atoms with Crippen LogP contribution in [0.15, 0.2) is 27.1 Å². The summed E-state index contributed by atoms with van der Waals surface area (Å²) in [6.45, 7) is 0.541. The van der Waals surface area contributed by atoms with Crippen molar-refractivity contribution < 1.29 is 9.90 Å². The molecule has 0 spiro atoms. The van der Waals surface area contributed by atoms with Gasteiger partial charge in [0, 0.05) is 21.4 Å². The van der Waals surface area contributed by atoms with Crippen LogP contribution in [0.2, 0.25) is 0 Å². The largest absolute Gasteiger partial charge is 0.393 e. The lowest BCUT2D eigenvalue weighted by Crippen LogP contribution is -2.32. The summed E-state index contributed by atoms with van der Waals surface area (Å²) in [5.74, 6) is 0.0853. The van der Waals surface area contributed by atoms with E-state index in [1.54, 1.807) is 6.07 Å². The molecule has 1 aromatic rings. The molecule has 1 amide bonds. The van der Waals surface area contributed by atoms with E-state index in [9.17, 15) is 9.90 Å². The molecule has 1 saturated carbocycles. The average molecular weight is 377 g/mol. The molecule has 2 unspecified atom stereocenters. The van der Waals surface area contributed by atoms with Gasteiger partial charge in [0.2, 0.25) is 0 Å². The molecule has 0 saturated heterocycles. The number of rotatable bonds is 3. The molecule has 1 fully saturated rings. The summed E-state index contributed by atoms with van der Waals surface area (Å²) in [6.07, 6.45) is 2.61. The van der Waals surface area contributed by atoms with Crippen LogP contribution in [0, 0.1) is 5.92 Å². The molecule has 98 valence electrons. The van der Waals surface area contributed by atoms with Gasteiger partial charge in [-0.25, -0.2) is 0 Å². The van der Waals surface area contributed by atoms with Crippen LogP contribution in [0.5, 0.6) is 0 Å². The van der Waals surface area contributed by atoms with Crippen LogP contribution in [0.3, 0.4) is 0 Å². The second-order valence-corrected chi connectivity index (χ2v) is 6.36. The summed E-state index contributed by atoms with van der Waals surface area (Å²) in [6, 6.07) is 5.50. The van der Waals surface area contributed by atoms with Gasteiger partial charge in [-0.2, -0.15) is 0 Å². The average Bonchev–Trinajstić information content (AvgIpc) is 2.75. The Labute approximate surface area is 123 Å². The number of halogens is 2.